The van der Waals surface area contributed by atoms with Crippen molar-refractivity contribution in [3.63, 3.8) is 0 Å². The Hall–Kier alpha value is 0.0400. The Morgan fingerprint density at radius 3 is 2.00 bits per heavy atom. The Kier molecular flexibility index (Phi) is 2.56. The first kappa shape index (κ1) is 8.04. The molecule has 0 saturated carbocycles. The Morgan fingerprint density at radius 2 is 2.00 bits per heavy atom. The molecule has 0 rings (SSSR count). The maximum absolute atomic E-state index is 9.85. The summed E-state index contributed by atoms with van der Waals surface area (Å²) in [5.41, 5.74) is 0. The molecule has 48 valence electrons. The van der Waals surface area contributed by atoms with Crippen molar-refractivity contribution in [1.82, 2.24) is 0 Å². The van der Waals surface area contributed by atoms with Crippen molar-refractivity contribution < 1.29 is 19.1 Å². The lowest BCUT2D eigenvalue weighted by Crippen LogP contribution is -1.99. The van der Waals surface area contributed by atoms with Crippen LogP contribution in [-0.4, -0.2) is 21.1 Å². The minimum absolute atomic E-state index is 0.831. The molecule has 0 heterocycles. The molecule has 0 aliphatic rings. The molecule has 0 unspecified atom stereocenters. The van der Waals surface area contributed by atoms with Crippen molar-refractivity contribution in [2.75, 3.05) is 6.16 Å². The average Bonchev–Trinajstić information content (AvgIpc) is 1.21. The zero-order chi connectivity index (χ0) is 6.78. The molecule has 4 nitrogen and oxygen atoms in total. The Morgan fingerprint density at radius 1 is 1.62 bits per heavy atom. The van der Waals surface area contributed by atoms with Gasteiger partial charge in [0.15, 0.2) is 0 Å². The highest BCUT2D eigenvalue weighted by Crippen LogP contribution is 2.33. The van der Waals surface area contributed by atoms with Crippen molar-refractivity contribution >= 4 is 25.3 Å². The molecule has 0 aromatic rings. The molecule has 0 saturated heterocycles. The first-order chi connectivity index (χ1) is 3.42. The van der Waals surface area contributed by atoms with Crippen molar-refractivity contribution in [2.45, 2.75) is 0 Å². The minimum atomic E-state index is -4.18. The van der Waals surface area contributed by atoms with Crippen LogP contribution in [0.3, 0.4) is 0 Å². The number of carbonyl (C=O) groups is 1. The van der Waals surface area contributed by atoms with Crippen LogP contribution in [0.15, 0.2) is 0 Å². The van der Waals surface area contributed by atoms with Gasteiger partial charge in [0.05, 0.1) is 6.16 Å². The summed E-state index contributed by atoms with van der Waals surface area (Å²) < 4.78 is 9.85. The van der Waals surface area contributed by atoms with Gasteiger partial charge in [-0.1, -0.05) is 0 Å². The van der Waals surface area contributed by atoms with Crippen LogP contribution in [0.1, 0.15) is 0 Å². The second kappa shape index (κ2) is 2.55. The van der Waals surface area contributed by atoms with Gasteiger partial charge < -0.3 is 27.2 Å². The fraction of sp³-hybridized carbons (Fsp3) is 0.500. The maximum Gasteiger partial charge on any atom is 0.330 e. The topological polar surface area (TPSA) is 74.6 Å². The predicted octanol–water partition coefficient (Wildman–Crippen LogP) is -0.762. The number of hydrogen-bond donors (Lipinski definition) is 2. The first-order valence-corrected chi connectivity index (χ1v) is 3.87. The van der Waals surface area contributed by atoms with E-state index >= 15 is 0 Å². The third kappa shape index (κ3) is 6.04. The van der Waals surface area contributed by atoms with E-state index < -0.39 is 18.9 Å². The van der Waals surface area contributed by atoms with E-state index in [0.717, 1.165) is 0 Å². The highest BCUT2D eigenvalue weighted by Gasteiger charge is 2.11. The summed E-state index contributed by atoms with van der Waals surface area (Å²) in [6, 6.07) is 0. The van der Waals surface area contributed by atoms with Crippen LogP contribution in [-0.2, 0) is 22.0 Å². The van der Waals surface area contributed by atoms with Gasteiger partial charge in [-0.25, -0.2) is 0 Å². The molecule has 6 heteroatoms. The van der Waals surface area contributed by atoms with Crippen molar-refractivity contribution in [1.29, 1.82) is 0 Å². The Labute approximate surface area is 51.5 Å². The van der Waals surface area contributed by atoms with E-state index in [1.54, 1.807) is 0 Å². The second-order valence-electron chi connectivity index (χ2n) is 1.19. The zero-order valence-electron chi connectivity index (χ0n) is 3.77. The molecule has 0 bridgehead atoms. The molecule has 2 N–H and O–H groups in total. The van der Waals surface area contributed by atoms with Crippen LogP contribution in [0.4, 0.5) is 0 Å². The van der Waals surface area contributed by atoms with Gasteiger partial charge in [-0.05, 0) is 0 Å². The third-order valence-electron chi connectivity index (χ3n) is 0.335. The average molecular weight is 155 g/mol. The van der Waals surface area contributed by atoms with Gasteiger partial charge in [-0.2, -0.15) is 0 Å². The maximum atomic E-state index is 9.85. The van der Waals surface area contributed by atoms with E-state index in [-0.39, 0.29) is 0 Å². The molecule has 0 atom stereocenters. The molecule has 0 aliphatic carbocycles. The zero-order valence-corrected chi connectivity index (χ0v) is 5.48. The molecular weight excluding hydrogens is 151 g/mol. The molecule has 0 spiro atoms. The van der Waals surface area contributed by atoms with Gasteiger partial charge in [-0.15, -0.1) is 0 Å². The monoisotopic (exact) mass is 155 g/mol. The van der Waals surface area contributed by atoms with Crippen LogP contribution >= 0.6 is 7.60 Å². The summed E-state index contributed by atoms with van der Waals surface area (Å²) >= 11 is 3.90. The molecule has 0 aliphatic heterocycles. The molecule has 0 fully saturated rings. The van der Waals surface area contributed by atoms with Gasteiger partial charge in [0, 0.05) is 5.12 Å². The Balaban J connectivity index is 3.74. The van der Waals surface area contributed by atoms with Crippen LogP contribution in [0.5, 0.6) is 0 Å². The van der Waals surface area contributed by atoms with Crippen molar-refractivity contribution in [3.05, 3.63) is 0 Å². The van der Waals surface area contributed by atoms with Crippen LogP contribution in [0.25, 0.3) is 0 Å². The Bertz CT molecular complexity index is 137. The SMILES string of the molecule is O=C([S-])CP(=O)(O)O. The summed E-state index contributed by atoms with van der Waals surface area (Å²) in [7, 11) is -4.18. The summed E-state index contributed by atoms with van der Waals surface area (Å²) in [5.74, 6) is 0. The number of hydrogen-bond acceptors (Lipinski definition) is 3. The molecule has 0 amide bonds. The van der Waals surface area contributed by atoms with E-state index in [1.807, 2.05) is 0 Å². The molecule has 8 heavy (non-hydrogen) atoms. The number of rotatable bonds is 2. The highest BCUT2D eigenvalue weighted by molar-refractivity contribution is 7.79. The van der Waals surface area contributed by atoms with Crippen molar-refractivity contribution in [2.24, 2.45) is 0 Å². The van der Waals surface area contributed by atoms with E-state index in [1.165, 1.54) is 0 Å². The third-order valence-corrected chi connectivity index (χ3v) is 1.39. The first-order valence-electron chi connectivity index (χ1n) is 1.66. The summed E-state index contributed by atoms with van der Waals surface area (Å²) in [5, 5.41) is -0.904. The standard InChI is InChI=1S/C2H5O4PS/c3-2(8)1-7(4,5)6/h1H2,(H,3,8)(H2,4,5,6)/p-1. The normalized spacial score (nSPS) is 11.2. The van der Waals surface area contributed by atoms with Gasteiger partial charge in [0.2, 0.25) is 0 Å². The van der Waals surface area contributed by atoms with E-state index in [0.29, 0.717) is 0 Å². The van der Waals surface area contributed by atoms with E-state index in [2.05, 4.69) is 12.6 Å². The lowest BCUT2D eigenvalue weighted by molar-refractivity contribution is -0.108. The largest absolute Gasteiger partial charge is 0.741 e. The quantitative estimate of drug-likeness (QED) is 0.405. The molecule has 0 aromatic heterocycles. The lowest BCUT2D eigenvalue weighted by Gasteiger charge is -2.03. The molecular formula is C2H4O4PS-. The fourth-order valence-corrected chi connectivity index (χ4v) is 1.01. The van der Waals surface area contributed by atoms with Gasteiger partial charge in [-0.3, -0.25) is 4.57 Å². The van der Waals surface area contributed by atoms with E-state index in [9.17, 15) is 9.36 Å². The smallest absolute Gasteiger partial charge is 0.330 e. The van der Waals surface area contributed by atoms with Gasteiger partial charge >= 0.3 is 7.60 Å². The highest BCUT2D eigenvalue weighted by atomic mass is 32.1. The van der Waals surface area contributed by atoms with Crippen LogP contribution in [0, 0.1) is 0 Å². The second-order valence-corrected chi connectivity index (χ2v) is 3.30. The summed E-state index contributed by atoms with van der Waals surface area (Å²) in [6.07, 6.45) is -0.831. The summed E-state index contributed by atoms with van der Waals surface area (Å²) in [6.45, 7) is 0. The minimum Gasteiger partial charge on any atom is -0.741 e. The van der Waals surface area contributed by atoms with Crippen LogP contribution < -0.4 is 0 Å². The van der Waals surface area contributed by atoms with E-state index in [4.69, 9.17) is 9.79 Å². The van der Waals surface area contributed by atoms with Crippen molar-refractivity contribution in [3.8, 4) is 0 Å². The van der Waals surface area contributed by atoms with Gasteiger partial charge in [0.25, 0.3) is 0 Å². The predicted molar refractivity (Wildman–Crippen MR) is 29.3 cm³/mol. The fourth-order valence-electron chi connectivity index (χ4n) is 0.168. The van der Waals surface area contributed by atoms with Gasteiger partial charge in [0.1, 0.15) is 0 Å². The molecule has 0 aromatic carbocycles. The van der Waals surface area contributed by atoms with Crippen LogP contribution in [0.2, 0.25) is 0 Å². The lowest BCUT2D eigenvalue weighted by atomic mass is 10.9. The number of carbonyl (C=O) groups excluding carboxylic acids is 1. The summed E-state index contributed by atoms with van der Waals surface area (Å²) in [4.78, 5) is 25.8. The molecule has 0 radical (unpaired) electrons.